The van der Waals surface area contributed by atoms with Crippen LogP contribution in [-0.2, 0) is 6.18 Å². The number of alkyl halides is 3. The molecule has 0 aliphatic rings. The first-order valence-electron chi connectivity index (χ1n) is 19.2. The van der Waals surface area contributed by atoms with Gasteiger partial charge in [0.1, 0.15) is 28.4 Å². The minimum Gasteiger partial charge on any atom is -0.456 e. The van der Waals surface area contributed by atoms with Crippen LogP contribution >= 0.6 is 0 Å². The Hall–Kier alpha value is -8.27. The second-order valence-electron chi connectivity index (χ2n) is 15.0. The standard InChI is InChI=1S/C51H25F3N4O2/c52-51(53,54)31-22-28(26-55)21-29(23-31)38-25-41(57-39-13-5-1-9-32(39)34-17-19-45-47(49(34)57)36-11-3-7-15-43(36)59-45)30(27-56)24-42(38)58-40-14-6-2-10-33(40)35-18-20-46-48(50(35)58)37-12-4-8-16-44(37)60-46/h1-25H. The van der Waals surface area contributed by atoms with Crippen LogP contribution in [0.15, 0.2) is 160 Å². The largest absolute Gasteiger partial charge is 0.456 e. The fourth-order valence-corrected chi connectivity index (χ4v) is 9.31. The maximum Gasteiger partial charge on any atom is 0.416 e. The average molecular weight is 783 g/mol. The van der Waals surface area contributed by atoms with Crippen molar-refractivity contribution in [3.05, 3.63) is 168 Å². The van der Waals surface area contributed by atoms with Gasteiger partial charge in [-0.15, -0.1) is 0 Å². The van der Waals surface area contributed by atoms with E-state index in [0.717, 1.165) is 77.3 Å². The van der Waals surface area contributed by atoms with E-state index in [1.807, 2.05) is 137 Å². The van der Waals surface area contributed by atoms with E-state index in [2.05, 4.69) is 6.07 Å². The molecule has 0 amide bonds. The molecule has 0 aliphatic heterocycles. The molecule has 6 nitrogen and oxygen atoms in total. The number of rotatable bonds is 3. The minimum atomic E-state index is -4.74. The molecule has 4 heterocycles. The van der Waals surface area contributed by atoms with E-state index in [-0.39, 0.29) is 16.7 Å². The van der Waals surface area contributed by atoms with Gasteiger partial charge in [0, 0.05) is 37.9 Å². The molecule has 0 atom stereocenters. The lowest BCUT2D eigenvalue weighted by atomic mass is 9.95. The van der Waals surface area contributed by atoms with Gasteiger partial charge in [-0.25, -0.2) is 0 Å². The molecule has 8 aromatic carbocycles. The Bertz CT molecular complexity index is 3920. The molecule has 0 aliphatic carbocycles. The Kier molecular flexibility index (Phi) is 6.84. The number of halogens is 3. The molecule has 0 saturated heterocycles. The molecule has 0 spiro atoms. The normalized spacial score (nSPS) is 12.2. The summed E-state index contributed by atoms with van der Waals surface area (Å²) in [6, 6.07) is 50.5. The molecule has 9 heteroatoms. The van der Waals surface area contributed by atoms with Crippen molar-refractivity contribution in [3.63, 3.8) is 0 Å². The van der Waals surface area contributed by atoms with Crippen molar-refractivity contribution in [3.8, 4) is 34.6 Å². The summed E-state index contributed by atoms with van der Waals surface area (Å²) in [5.41, 5.74) is 6.45. The van der Waals surface area contributed by atoms with Crippen molar-refractivity contribution >= 4 is 87.5 Å². The molecule has 12 rings (SSSR count). The molecule has 60 heavy (non-hydrogen) atoms. The van der Waals surface area contributed by atoms with Crippen LogP contribution in [-0.4, -0.2) is 9.13 Å². The van der Waals surface area contributed by atoms with Gasteiger partial charge in [0.15, 0.2) is 0 Å². The monoisotopic (exact) mass is 782 g/mol. The van der Waals surface area contributed by atoms with Gasteiger partial charge in [-0.2, -0.15) is 23.7 Å². The topological polar surface area (TPSA) is 83.7 Å². The maximum absolute atomic E-state index is 14.7. The highest BCUT2D eigenvalue weighted by Gasteiger charge is 2.32. The SMILES string of the molecule is N#Cc1cc(-c2cc(-n3c4ccccc4c4ccc5oc6ccccc6c5c43)c(C#N)cc2-n2c3ccccc3c3ccc4oc5ccccc5c4c32)cc(C(F)(F)F)c1. The number of hydrogen-bond acceptors (Lipinski definition) is 4. The Morgan fingerprint density at radius 3 is 1.52 bits per heavy atom. The van der Waals surface area contributed by atoms with Gasteiger partial charge in [-0.05, 0) is 84.4 Å². The summed E-state index contributed by atoms with van der Waals surface area (Å²) in [7, 11) is 0. The van der Waals surface area contributed by atoms with Gasteiger partial charge >= 0.3 is 6.18 Å². The van der Waals surface area contributed by atoms with E-state index in [9.17, 15) is 23.7 Å². The van der Waals surface area contributed by atoms with Gasteiger partial charge < -0.3 is 18.0 Å². The van der Waals surface area contributed by atoms with Crippen LogP contribution in [0, 0.1) is 22.7 Å². The Labute approximate surface area is 337 Å². The first-order chi connectivity index (χ1) is 29.3. The lowest BCUT2D eigenvalue weighted by molar-refractivity contribution is -0.137. The smallest absolute Gasteiger partial charge is 0.416 e. The molecule has 0 bridgehead atoms. The molecular formula is C51H25F3N4O2. The second-order valence-corrected chi connectivity index (χ2v) is 15.0. The fraction of sp³-hybridized carbons (Fsp3) is 0.0196. The minimum absolute atomic E-state index is 0.148. The summed E-state index contributed by atoms with van der Waals surface area (Å²) in [5, 5.41) is 28.4. The molecule has 282 valence electrons. The van der Waals surface area contributed by atoms with E-state index in [1.54, 1.807) is 12.1 Å². The molecule has 12 aromatic rings. The van der Waals surface area contributed by atoms with Crippen molar-refractivity contribution < 1.29 is 22.0 Å². The maximum atomic E-state index is 14.7. The summed E-state index contributed by atoms with van der Waals surface area (Å²) in [5.74, 6) is 0. The van der Waals surface area contributed by atoms with Crippen LogP contribution in [0.25, 0.3) is 110 Å². The number of nitrogens with zero attached hydrogens (tertiary/aromatic N) is 4. The van der Waals surface area contributed by atoms with E-state index in [0.29, 0.717) is 39.3 Å². The number of para-hydroxylation sites is 4. The Balaban J connectivity index is 1.29. The van der Waals surface area contributed by atoms with Crippen LogP contribution in [0.3, 0.4) is 0 Å². The first kappa shape index (κ1) is 33.8. The van der Waals surface area contributed by atoms with Crippen LogP contribution in [0.4, 0.5) is 13.2 Å². The van der Waals surface area contributed by atoms with Crippen LogP contribution in [0.1, 0.15) is 16.7 Å². The first-order valence-corrected chi connectivity index (χ1v) is 19.2. The Morgan fingerprint density at radius 1 is 0.467 bits per heavy atom. The van der Waals surface area contributed by atoms with Crippen molar-refractivity contribution in [2.75, 3.05) is 0 Å². The van der Waals surface area contributed by atoms with Crippen LogP contribution < -0.4 is 0 Å². The predicted octanol–water partition coefficient (Wildman–Crippen LogP) is 14.1. The van der Waals surface area contributed by atoms with E-state index in [4.69, 9.17) is 8.83 Å². The summed E-state index contributed by atoms with van der Waals surface area (Å²) < 4.78 is 60.9. The number of benzene rings is 8. The van der Waals surface area contributed by atoms with Crippen molar-refractivity contribution in [2.24, 2.45) is 0 Å². The summed E-state index contributed by atoms with van der Waals surface area (Å²) in [6.07, 6.45) is -4.74. The van der Waals surface area contributed by atoms with E-state index in [1.165, 1.54) is 6.07 Å². The molecule has 0 fully saturated rings. The zero-order chi connectivity index (χ0) is 40.4. The zero-order valence-corrected chi connectivity index (χ0v) is 31.2. The van der Waals surface area contributed by atoms with Gasteiger partial charge in [-0.3, -0.25) is 0 Å². The zero-order valence-electron chi connectivity index (χ0n) is 31.2. The lowest BCUT2D eigenvalue weighted by Crippen LogP contribution is -2.07. The quantitative estimate of drug-likeness (QED) is 0.179. The van der Waals surface area contributed by atoms with Crippen molar-refractivity contribution in [1.82, 2.24) is 9.13 Å². The van der Waals surface area contributed by atoms with Gasteiger partial charge in [-0.1, -0.05) is 72.8 Å². The predicted molar refractivity (Wildman–Crippen MR) is 230 cm³/mol. The van der Waals surface area contributed by atoms with E-state index < -0.39 is 11.7 Å². The summed E-state index contributed by atoms with van der Waals surface area (Å²) >= 11 is 0. The third-order valence-electron chi connectivity index (χ3n) is 11.8. The van der Waals surface area contributed by atoms with Gasteiger partial charge in [0.2, 0.25) is 0 Å². The fourth-order valence-electron chi connectivity index (χ4n) is 9.31. The number of nitriles is 2. The highest BCUT2D eigenvalue weighted by molar-refractivity contribution is 6.26. The van der Waals surface area contributed by atoms with Gasteiger partial charge in [0.05, 0.1) is 67.0 Å². The highest BCUT2D eigenvalue weighted by atomic mass is 19.4. The van der Waals surface area contributed by atoms with Crippen molar-refractivity contribution in [2.45, 2.75) is 6.18 Å². The van der Waals surface area contributed by atoms with Crippen LogP contribution in [0.5, 0.6) is 0 Å². The molecule has 4 aromatic heterocycles. The molecule has 0 unspecified atom stereocenters. The van der Waals surface area contributed by atoms with Crippen LogP contribution in [0.2, 0.25) is 0 Å². The summed E-state index contributed by atoms with van der Waals surface area (Å²) in [6.45, 7) is 0. The summed E-state index contributed by atoms with van der Waals surface area (Å²) in [4.78, 5) is 0. The number of furan rings is 2. The molecule has 0 saturated carbocycles. The number of aromatic nitrogens is 2. The molecular weight excluding hydrogens is 758 g/mol. The van der Waals surface area contributed by atoms with E-state index >= 15 is 0 Å². The van der Waals surface area contributed by atoms with Gasteiger partial charge in [0.25, 0.3) is 0 Å². The molecule has 0 radical (unpaired) electrons. The number of fused-ring (bicyclic) bond motifs is 14. The lowest BCUT2D eigenvalue weighted by Gasteiger charge is -2.20. The second kappa shape index (κ2) is 12.1. The highest BCUT2D eigenvalue weighted by Crippen LogP contribution is 2.46. The van der Waals surface area contributed by atoms with Crippen molar-refractivity contribution in [1.29, 1.82) is 10.5 Å². The number of hydrogen-bond donors (Lipinski definition) is 0. The average Bonchev–Trinajstić information content (AvgIpc) is 4.03. The third-order valence-corrected chi connectivity index (χ3v) is 11.8. The molecule has 0 N–H and O–H groups in total. The Morgan fingerprint density at radius 2 is 0.983 bits per heavy atom. The third kappa shape index (κ3) is 4.63.